The highest BCUT2D eigenvalue weighted by Crippen LogP contribution is 2.34. The largest absolute Gasteiger partial charge is 0.320 e. The Bertz CT molecular complexity index is 636. The monoisotopic (exact) mass is 288 g/mol. The molecule has 2 amide bonds. The maximum absolute atomic E-state index is 13.6. The van der Waals surface area contributed by atoms with Crippen molar-refractivity contribution < 1.29 is 14.0 Å². The van der Waals surface area contributed by atoms with E-state index in [9.17, 15) is 14.0 Å². The molecule has 2 N–H and O–H groups in total. The number of imide groups is 1. The van der Waals surface area contributed by atoms with Gasteiger partial charge >= 0.3 is 0 Å². The van der Waals surface area contributed by atoms with Crippen molar-refractivity contribution in [1.82, 2.24) is 0 Å². The molecule has 1 fully saturated rings. The van der Waals surface area contributed by atoms with Gasteiger partial charge in [0.25, 0.3) is 0 Å². The second-order valence-electron chi connectivity index (χ2n) is 5.81. The first-order valence-electron chi connectivity index (χ1n) is 6.68. The van der Waals surface area contributed by atoms with E-state index in [-0.39, 0.29) is 42.2 Å². The molecule has 5 heteroatoms. The van der Waals surface area contributed by atoms with E-state index >= 15 is 0 Å². The van der Waals surface area contributed by atoms with Gasteiger partial charge in [0.15, 0.2) is 0 Å². The van der Waals surface area contributed by atoms with E-state index in [1.165, 1.54) is 18.2 Å². The average Bonchev–Trinajstić information content (AvgIpc) is 2.36. The third-order valence-corrected chi connectivity index (χ3v) is 3.29. The van der Waals surface area contributed by atoms with Crippen molar-refractivity contribution in [3.63, 3.8) is 0 Å². The number of carbonyl (C=O) groups is 2. The van der Waals surface area contributed by atoms with E-state index in [4.69, 9.17) is 5.73 Å². The number of rotatable bonds is 1. The Morgan fingerprint density at radius 1 is 1.29 bits per heavy atom. The Labute approximate surface area is 123 Å². The van der Waals surface area contributed by atoms with Crippen LogP contribution in [0.25, 0.3) is 0 Å². The minimum Gasteiger partial charge on any atom is -0.320 e. The standard InChI is InChI=1S/C16H17FN2O2/c1-16(2)9-14(20)19(15(21)10-16)12-5-6-13(17)11(8-12)4-3-7-18/h5-6,8H,7,9-10,18H2,1-2H3. The van der Waals surface area contributed by atoms with Crippen LogP contribution >= 0.6 is 0 Å². The van der Waals surface area contributed by atoms with Crippen molar-refractivity contribution >= 4 is 17.5 Å². The van der Waals surface area contributed by atoms with Gasteiger partial charge < -0.3 is 5.73 Å². The minimum atomic E-state index is -0.503. The van der Waals surface area contributed by atoms with E-state index < -0.39 is 5.82 Å². The van der Waals surface area contributed by atoms with Gasteiger partial charge in [-0.2, -0.15) is 0 Å². The molecule has 1 saturated heterocycles. The van der Waals surface area contributed by atoms with Crippen LogP contribution in [0.4, 0.5) is 10.1 Å². The molecular weight excluding hydrogens is 271 g/mol. The molecular formula is C16H17FN2O2. The number of hydrogen-bond donors (Lipinski definition) is 1. The Morgan fingerprint density at radius 3 is 2.48 bits per heavy atom. The summed E-state index contributed by atoms with van der Waals surface area (Å²) in [6.45, 7) is 3.87. The first-order valence-corrected chi connectivity index (χ1v) is 6.68. The molecule has 0 unspecified atom stereocenters. The Morgan fingerprint density at radius 2 is 1.90 bits per heavy atom. The second kappa shape index (κ2) is 5.66. The molecule has 0 aromatic heterocycles. The zero-order valence-electron chi connectivity index (χ0n) is 12.1. The first kappa shape index (κ1) is 15.2. The number of nitrogens with two attached hydrogens (primary N) is 1. The summed E-state index contributed by atoms with van der Waals surface area (Å²) in [7, 11) is 0. The van der Waals surface area contributed by atoms with Gasteiger partial charge in [-0.25, -0.2) is 4.39 Å². The highest BCUT2D eigenvalue weighted by atomic mass is 19.1. The average molecular weight is 288 g/mol. The summed E-state index contributed by atoms with van der Waals surface area (Å²) in [5, 5.41) is 0. The van der Waals surface area contributed by atoms with Crippen LogP contribution in [0.1, 0.15) is 32.3 Å². The highest BCUT2D eigenvalue weighted by Gasteiger charge is 2.38. The van der Waals surface area contributed by atoms with Crippen molar-refractivity contribution in [2.45, 2.75) is 26.7 Å². The molecule has 0 aliphatic carbocycles. The lowest BCUT2D eigenvalue weighted by Crippen LogP contribution is -2.46. The molecule has 0 radical (unpaired) electrons. The third kappa shape index (κ3) is 3.29. The molecule has 1 aliphatic heterocycles. The van der Waals surface area contributed by atoms with Crippen LogP contribution < -0.4 is 10.6 Å². The number of nitrogens with zero attached hydrogens (tertiary/aromatic N) is 1. The predicted octanol–water partition coefficient (Wildman–Crippen LogP) is 1.82. The lowest BCUT2D eigenvalue weighted by Gasteiger charge is -2.34. The Hall–Kier alpha value is -2.19. The number of piperidine rings is 1. The van der Waals surface area contributed by atoms with E-state index in [0.29, 0.717) is 5.69 Å². The van der Waals surface area contributed by atoms with Gasteiger partial charge in [-0.05, 0) is 23.6 Å². The van der Waals surface area contributed by atoms with Gasteiger partial charge in [-0.3, -0.25) is 14.5 Å². The molecule has 110 valence electrons. The fourth-order valence-electron chi connectivity index (χ4n) is 2.36. The van der Waals surface area contributed by atoms with Crippen molar-refractivity contribution in [3.05, 3.63) is 29.6 Å². The summed E-state index contributed by atoms with van der Waals surface area (Å²) in [5.74, 6) is 4.10. The van der Waals surface area contributed by atoms with Gasteiger partial charge in [0, 0.05) is 12.8 Å². The normalized spacial score (nSPS) is 17.4. The quantitative estimate of drug-likeness (QED) is 0.633. The molecule has 0 saturated carbocycles. The number of hydrogen-bond acceptors (Lipinski definition) is 3. The first-order chi connectivity index (χ1) is 9.84. The maximum Gasteiger partial charge on any atom is 0.234 e. The SMILES string of the molecule is CC1(C)CC(=O)N(c2ccc(F)c(C#CCN)c2)C(=O)C1. The predicted molar refractivity (Wildman–Crippen MR) is 77.8 cm³/mol. The zero-order chi connectivity index (χ0) is 15.6. The number of carbonyl (C=O) groups excluding carboxylic acids is 2. The summed E-state index contributed by atoms with van der Waals surface area (Å²) in [6, 6.07) is 4.03. The molecule has 1 heterocycles. The topological polar surface area (TPSA) is 63.4 Å². The summed E-state index contributed by atoms with van der Waals surface area (Å²) in [6.07, 6.45) is 0.555. The fourth-order valence-corrected chi connectivity index (χ4v) is 2.36. The van der Waals surface area contributed by atoms with Crippen LogP contribution in [0.3, 0.4) is 0 Å². The summed E-state index contributed by atoms with van der Waals surface area (Å²) < 4.78 is 13.6. The molecule has 0 bridgehead atoms. The zero-order valence-corrected chi connectivity index (χ0v) is 12.1. The van der Waals surface area contributed by atoms with Crippen LogP contribution in [0.5, 0.6) is 0 Å². The molecule has 1 aliphatic rings. The third-order valence-electron chi connectivity index (χ3n) is 3.29. The van der Waals surface area contributed by atoms with E-state index in [2.05, 4.69) is 11.8 Å². The molecule has 0 spiro atoms. The van der Waals surface area contributed by atoms with Crippen molar-refractivity contribution in [2.75, 3.05) is 11.4 Å². The summed E-state index contributed by atoms with van der Waals surface area (Å²) in [5.41, 5.74) is 5.40. The van der Waals surface area contributed by atoms with Gasteiger partial charge in [-0.15, -0.1) is 0 Å². The molecule has 1 aromatic rings. The maximum atomic E-state index is 13.6. The molecule has 1 aromatic carbocycles. The highest BCUT2D eigenvalue weighted by molar-refractivity contribution is 6.16. The fraction of sp³-hybridized carbons (Fsp3) is 0.375. The molecule has 4 nitrogen and oxygen atoms in total. The van der Waals surface area contributed by atoms with Crippen LogP contribution in [-0.4, -0.2) is 18.4 Å². The van der Waals surface area contributed by atoms with Gasteiger partial charge in [0.1, 0.15) is 5.82 Å². The van der Waals surface area contributed by atoms with Crippen molar-refractivity contribution in [2.24, 2.45) is 11.1 Å². The van der Waals surface area contributed by atoms with Crippen LogP contribution in [0, 0.1) is 23.1 Å². The van der Waals surface area contributed by atoms with Crippen molar-refractivity contribution in [3.8, 4) is 11.8 Å². The number of amides is 2. The van der Waals surface area contributed by atoms with Gasteiger partial charge in [0.05, 0.1) is 17.8 Å². The smallest absolute Gasteiger partial charge is 0.234 e. The van der Waals surface area contributed by atoms with E-state index in [0.717, 1.165) is 4.90 Å². The molecule has 0 atom stereocenters. The molecule has 21 heavy (non-hydrogen) atoms. The minimum absolute atomic E-state index is 0.111. The van der Waals surface area contributed by atoms with E-state index in [1.54, 1.807) is 0 Å². The van der Waals surface area contributed by atoms with Gasteiger partial charge in [-0.1, -0.05) is 25.7 Å². The van der Waals surface area contributed by atoms with Crippen molar-refractivity contribution in [1.29, 1.82) is 0 Å². The summed E-state index contributed by atoms with van der Waals surface area (Å²) in [4.78, 5) is 25.5. The Balaban J connectivity index is 2.38. The second-order valence-corrected chi connectivity index (χ2v) is 5.81. The number of anilines is 1. The van der Waals surface area contributed by atoms with Crippen LogP contribution in [-0.2, 0) is 9.59 Å². The molecule has 2 rings (SSSR count). The number of halogens is 1. The lowest BCUT2D eigenvalue weighted by atomic mass is 9.81. The van der Waals surface area contributed by atoms with Crippen LogP contribution in [0.15, 0.2) is 18.2 Å². The van der Waals surface area contributed by atoms with Crippen LogP contribution in [0.2, 0.25) is 0 Å². The number of benzene rings is 1. The van der Waals surface area contributed by atoms with Gasteiger partial charge in [0.2, 0.25) is 11.8 Å². The lowest BCUT2D eigenvalue weighted by molar-refractivity contribution is -0.132. The van der Waals surface area contributed by atoms with E-state index in [1.807, 2.05) is 13.8 Å². The summed E-state index contributed by atoms with van der Waals surface area (Å²) >= 11 is 0. The Kier molecular flexibility index (Phi) is 4.10.